The molecular weight excluding hydrogens is 496 g/mol. The lowest BCUT2D eigenvalue weighted by molar-refractivity contribution is 0.102. The maximum atomic E-state index is 13.8. The normalized spacial score (nSPS) is 20.7. The van der Waals surface area contributed by atoms with Gasteiger partial charge in [-0.1, -0.05) is 72.8 Å². The van der Waals surface area contributed by atoms with Gasteiger partial charge in [0.1, 0.15) is 11.5 Å². The number of carbonyl (C=O) groups excluding carboxylic acids is 2. The SMILES string of the molecule is COC1=CC2C3=C(C=CC4C3=C1c1c(OC)cc3c5c(ccc4c15)C(=O)c1ccccc1-3)C(=O)c1ccccc12. The van der Waals surface area contributed by atoms with Gasteiger partial charge >= 0.3 is 0 Å². The average Bonchev–Trinajstić information content (AvgIpc) is 3.01. The molecule has 0 aromatic heterocycles. The van der Waals surface area contributed by atoms with Crippen molar-refractivity contribution in [2.45, 2.75) is 11.8 Å². The minimum atomic E-state index is -0.0843. The monoisotopic (exact) mass is 518 g/mol. The van der Waals surface area contributed by atoms with Crippen LogP contribution in [0.15, 0.2) is 107 Å². The van der Waals surface area contributed by atoms with Crippen molar-refractivity contribution >= 4 is 27.9 Å². The Morgan fingerprint density at radius 1 is 0.650 bits per heavy atom. The van der Waals surface area contributed by atoms with Gasteiger partial charge in [0.25, 0.3) is 0 Å². The van der Waals surface area contributed by atoms with Gasteiger partial charge in [0.05, 0.1) is 14.2 Å². The van der Waals surface area contributed by atoms with Crippen molar-refractivity contribution < 1.29 is 19.1 Å². The minimum Gasteiger partial charge on any atom is -0.496 e. The molecule has 190 valence electrons. The quantitative estimate of drug-likeness (QED) is 0.246. The summed E-state index contributed by atoms with van der Waals surface area (Å²) in [6, 6.07) is 21.8. The molecule has 4 aromatic rings. The lowest BCUT2D eigenvalue weighted by atomic mass is 9.61. The lowest BCUT2D eigenvalue weighted by Gasteiger charge is -2.42. The van der Waals surface area contributed by atoms with Crippen LogP contribution in [0.3, 0.4) is 0 Å². The van der Waals surface area contributed by atoms with Crippen LogP contribution in [0, 0.1) is 0 Å². The van der Waals surface area contributed by atoms with E-state index >= 15 is 0 Å². The van der Waals surface area contributed by atoms with Crippen LogP contribution in [-0.2, 0) is 4.74 Å². The smallest absolute Gasteiger partial charge is 0.194 e. The molecule has 0 N–H and O–H groups in total. The number of methoxy groups -OCH3 is 2. The van der Waals surface area contributed by atoms with Gasteiger partial charge in [-0.25, -0.2) is 0 Å². The van der Waals surface area contributed by atoms with Gasteiger partial charge in [-0.2, -0.15) is 0 Å². The van der Waals surface area contributed by atoms with E-state index in [0.717, 1.165) is 78.0 Å². The molecule has 5 aliphatic rings. The molecule has 0 radical (unpaired) electrons. The maximum Gasteiger partial charge on any atom is 0.194 e. The fourth-order valence-electron chi connectivity index (χ4n) is 7.72. The van der Waals surface area contributed by atoms with Crippen molar-refractivity contribution in [2.24, 2.45) is 0 Å². The molecule has 0 fully saturated rings. The molecule has 0 aliphatic heterocycles. The highest BCUT2D eigenvalue weighted by molar-refractivity contribution is 6.28. The maximum absolute atomic E-state index is 13.8. The van der Waals surface area contributed by atoms with Crippen molar-refractivity contribution in [1.29, 1.82) is 0 Å². The van der Waals surface area contributed by atoms with E-state index in [1.807, 2.05) is 54.6 Å². The van der Waals surface area contributed by atoms with E-state index in [9.17, 15) is 9.59 Å². The van der Waals surface area contributed by atoms with Gasteiger partial charge in [-0.3, -0.25) is 9.59 Å². The van der Waals surface area contributed by atoms with E-state index in [1.54, 1.807) is 14.2 Å². The molecule has 0 saturated carbocycles. The highest BCUT2D eigenvalue weighted by Crippen LogP contribution is 2.61. The second-order valence-electron chi connectivity index (χ2n) is 10.9. The van der Waals surface area contributed by atoms with Crippen molar-refractivity contribution in [2.75, 3.05) is 14.2 Å². The molecule has 2 atom stereocenters. The molecule has 0 amide bonds. The molecule has 9 rings (SSSR count). The van der Waals surface area contributed by atoms with Crippen LogP contribution in [0.25, 0.3) is 27.5 Å². The van der Waals surface area contributed by atoms with Gasteiger partial charge in [-0.05, 0) is 50.9 Å². The minimum absolute atomic E-state index is 0.0374. The van der Waals surface area contributed by atoms with E-state index in [4.69, 9.17) is 9.47 Å². The molecule has 4 heteroatoms. The Labute approximate surface area is 230 Å². The van der Waals surface area contributed by atoms with E-state index in [0.29, 0.717) is 11.1 Å². The number of Topliss-reactive ketones (excluding diaryl/α,β-unsaturated/α-hetero) is 1. The Kier molecular flexibility index (Phi) is 4.03. The molecule has 5 aliphatic carbocycles. The van der Waals surface area contributed by atoms with Crippen LogP contribution in [0.1, 0.15) is 54.8 Å². The van der Waals surface area contributed by atoms with Crippen LogP contribution in [0.4, 0.5) is 0 Å². The van der Waals surface area contributed by atoms with E-state index < -0.39 is 0 Å². The van der Waals surface area contributed by atoms with E-state index in [2.05, 4.69) is 30.4 Å². The zero-order valence-corrected chi connectivity index (χ0v) is 21.9. The first-order valence-corrected chi connectivity index (χ1v) is 13.5. The van der Waals surface area contributed by atoms with Crippen molar-refractivity contribution in [3.63, 3.8) is 0 Å². The Balaban J connectivity index is 1.44. The highest BCUT2D eigenvalue weighted by Gasteiger charge is 2.46. The second kappa shape index (κ2) is 7.36. The van der Waals surface area contributed by atoms with Crippen molar-refractivity contribution in [3.05, 3.63) is 141 Å². The van der Waals surface area contributed by atoms with Crippen LogP contribution in [0.5, 0.6) is 5.75 Å². The number of ether oxygens (including phenoxy) is 2. The lowest BCUT2D eigenvalue weighted by Crippen LogP contribution is -2.29. The van der Waals surface area contributed by atoms with Gasteiger partial charge in [0.15, 0.2) is 11.6 Å². The number of carbonyl (C=O) groups is 2. The molecule has 40 heavy (non-hydrogen) atoms. The number of ketones is 2. The summed E-state index contributed by atoms with van der Waals surface area (Å²) < 4.78 is 12.2. The van der Waals surface area contributed by atoms with Crippen molar-refractivity contribution in [3.8, 4) is 16.9 Å². The second-order valence-corrected chi connectivity index (χ2v) is 10.9. The molecule has 0 heterocycles. The van der Waals surface area contributed by atoms with Crippen molar-refractivity contribution in [1.82, 2.24) is 0 Å². The summed E-state index contributed by atoms with van der Waals surface area (Å²) >= 11 is 0. The number of hydrogen-bond acceptors (Lipinski definition) is 4. The highest BCUT2D eigenvalue weighted by atomic mass is 16.5. The zero-order chi connectivity index (χ0) is 26.9. The van der Waals surface area contributed by atoms with E-state index in [1.165, 1.54) is 0 Å². The summed E-state index contributed by atoms with van der Waals surface area (Å²) in [6.07, 6.45) is 6.31. The zero-order valence-electron chi connectivity index (χ0n) is 21.9. The number of hydrogen-bond donors (Lipinski definition) is 0. The summed E-state index contributed by atoms with van der Waals surface area (Å²) in [5, 5.41) is 1.98. The molecule has 2 unspecified atom stereocenters. The average molecular weight is 519 g/mol. The van der Waals surface area contributed by atoms with Crippen LogP contribution < -0.4 is 4.74 Å². The predicted octanol–water partition coefficient (Wildman–Crippen LogP) is 7.30. The summed E-state index contributed by atoms with van der Waals surface area (Å²) in [6.45, 7) is 0. The van der Waals surface area contributed by atoms with Gasteiger partial charge in [0, 0.05) is 50.6 Å². The molecular formula is C36H22O4. The van der Waals surface area contributed by atoms with Gasteiger partial charge in [0.2, 0.25) is 0 Å². The third-order valence-corrected chi connectivity index (χ3v) is 9.29. The van der Waals surface area contributed by atoms with E-state index in [-0.39, 0.29) is 23.4 Å². The first-order valence-electron chi connectivity index (χ1n) is 13.5. The fraction of sp³-hybridized carbons (Fsp3) is 0.111. The summed E-state index contributed by atoms with van der Waals surface area (Å²) in [5.74, 6) is 1.42. The summed E-state index contributed by atoms with van der Waals surface area (Å²) in [7, 11) is 3.40. The van der Waals surface area contributed by atoms with Crippen LogP contribution in [-0.4, -0.2) is 25.8 Å². The fourth-order valence-corrected chi connectivity index (χ4v) is 7.72. The standard InChI is InChI=1S/C36H22O4/c1-39-27-15-25-17-7-3-5-9-21(17)35(37)23-13-11-19-20-12-14-24-30-26(18-8-4-6-10-22(18)36(24)38)16-28(40-2)34(32(20)30)33(27)31(19)29(23)25/h3-16,19,25H,1-2H3. The summed E-state index contributed by atoms with van der Waals surface area (Å²) in [4.78, 5) is 27.5. The number of allylic oxidation sites excluding steroid dienone is 7. The van der Waals surface area contributed by atoms with Crippen LogP contribution in [0.2, 0.25) is 0 Å². The first-order chi connectivity index (χ1) is 19.6. The van der Waals surface area contributed by atoms with Gasteiger partial charge in [-0.15, -0.1) is 0 Å². The number of fused-ring (bicyclic) bond motifs is 6. The summed E-state index contributed by atoms with van der Waals surface area (Å²) in [5.41, 5.74) is 11.0. The first kappa shape index (κ1) is 21.9. The molecule has 4 aromatic carbocycles. The molecule has 0 spiro atoms. The largest absolute Gasteiger partial charge is 0.496 e. The molecule has 0 saturated heterocycles. The van der Waals surface area contributed by atoms with Gasteiger partial charge < -0.3 is 9.47 Å². The molecule has 0 bridgehead atoms. The third-order valence-electron chi connectivity index (χ3n) is 9.29. The Morgan fingerprint density at radius 3 is 2.23 bits per heavy atom. The third kappa shape index (κ3) is 2.39. The number of rotatable bonds is 2. The molecule has 4 nitrogen and oxygen atoms in total. The van der Waals surface area contributed by atoms with Crippen LogP contribution >= 0.6 is 0 Å². The topological polar surface area (TPSA) is 52.6 Å². The Bertz CT molecular complexity index is 2070. The Hall–Kier alpha value is -4.96. The predicted molar refractivity (Wildman–Crippen MR) is 154 cm³/mol. The Morgan fingerprint density at radius 2 is 1.43 bits per heavy atom. The number of benzene rings is 4.